The molecule has 9 heteroatoms. The van der Waals surface area contributed by atoms with E-state index in [4.69, 9.17) is 0 Å². The van der Waals surface area contributed by atoms with Crippen LogP contribution in [0.5, 0.6) is 0 Å². The van der Waals surface area contributed by atoms with Gasteiger partial charge in [-0.15, -0.1) is 24.0 Å². The van der Waals surface area contributed by atoms with Crippen LogP contribution in [-0.4, -0.2) is 59.0 Å². The molecular formula is C22H28IN7O. The molecule has 0 aliphatic heterocycles. The summed E-state index contributed by atoms with van der Waals surface area (Å²) in [4.78, 5) is 26.4. The van der Waals surface area contributed by atoms with Crippen LogP contribution in [0.25, 0.3) is 5.82 Å². The minimum absolute atomic E-state index is 0. The molecule has 0 saturated heterocycles. The summed E-state index contributed by atoms with van der Waals surface area (Å²) >= 11 is 0. The van der Waals surface area contributed by atoms with Crippen LogP contribution in [0.3, 0.4) is 0 Å². The van der Waals surface area contributed by atoms with E-state index in [0.29, 0.717) is 18.7 Å². The third-order valence-corrected chi connectivity index (χ3v) is 4.55. The van der Waals surface area contributed by atoms with Crippen molar-refractivity contribution >= 4 is 35.8 Å². The summed E-state index contributed by atoms with van der Waals surface area (Å²) in [6.07, 6.45) is 7.88. The molecule has 8 nitrogen and oxygen atoms in total. The number of nitrogens with zero attached hydrogens (tertiary/aromatic N) is 5. The summed E-state index contributed by atoms with van der Waals surface area (Å²) in [5.74, 6) is 1.55. The Morgan fingerprint density at radius 1 is 1.13 bits per heavy atom. The maximum atomic E-state index is 12.1. The van der Waals surface area contributed by atoms with E-state index >= 15 is 0 Å². The topological polar surface area (TPSA) is 87.4 Å². The second-order valence-corrected chi connectivity index (χ2v) is 6.99. The lowest BCUT2D eigenvalue weighted by atomic mass is 10.1. The summed E-state index contributed by atoms with van der Waals surface area (Å²) < 4.78 is 1.87. The molecular weight excluding hydrogens is 505 g/mol. The first-order valence-corrected chi connectivity index (χ1v) is 9.75. The van der Waals surface area contributed by atoms with Gasteiger partial charge in [-0.25, -0.2) is 9.97 Å². The van der Waals surface area contributed by atoms with Gasteiger partial charge < -0.3 is 15.5 Å². The maximum absolute atomic E-state index is 12.1. The zero-order valence-electron chi connectivity index (χ0n) is 17.9. The number of carbonyl (C=O) groups excluding carboxylic acids is 1. The third kappa shape index (κ3) is 7.06. The Hall–Kier alpha value is -2.95. The van der Waals surface area contributed by atoms with Gasteiger partial charge in [-0.1, -0.05) is 12.1 Å². The van der Waals surface area contributed by atoms with Gasteiger partial charge in [0.25, 0.3) is 5.91 Å². The van der Waals surface area contributed by atoms with Crippen molar-refractivity contribution in [3.63, 3.8) is 0 Å². The van der Waals surface area contributed by atoms with Crippen LogP contribution in [0, 0.1) is 0 Å². The number of halogens is 1. The quantitative estimate of drug-likeness (QED) is 0.277. The minimum atomic E-state index is 0. The van der Waals surface area contributed by atoms with Crippen LogP contribution >= 0.6 is 24.0 Å². The van der Waals surface area contributed by atoms with Gasteiger partial charge in [0.15, 0.2) is 5.96 Å². The highest BCUT2D eigenvalue weighted by Gasteiger charge is 2.08. The fourth-order valence-electron chi connectivity index (χ4n) is 2.96. The number of aliphatic imine (C=N–C) groups is 1. The van der Waals surface area contributed by atoms with E-state index in [1.807, 2.05) is 47.2 Å². The molecule has 0 atom stereocenters. The number of aromatic nitrogens is 3. The maximum Gasteiger partial charge on any atom is 0.253 e. The molecule has 3 aromatic rings. The van der Waals surface area contributed by atoms with Crippen LogP contribution in [-0.2, 0) is 13.0 Å². The predicted octanol–water partition coefficient (Wildman–Crippen LogP) is 2.49. The average Bonchev–Trinajstić information content (AvgIpc) is 3.31. The lowest BCUT2D eigenvalue weighted by Crippen LogP contribution is -2.37. The second kappa shape index (κ2) is 12.0. The van der Waals surface area contributed by atoms with Crippen molar-refractivity contribution in [3.8, 4) is 5.82 Å². The number of hydrogen-bond donors (Lipinski definition) is 2. The fourth-order valence-corrected chi connectivity index (χ4v) is 2.96. The highest BCUT2D eigenvalue weighted by molar-refractivity contribution is 14.0. The number of guanidine groups is 1. The third-order valence-electron chi connectivity index (χ3n) is 4.55. The lowest BCUT2D eigenvalue weighted by Gasteiger charge is -2.13. The van der Waals surface area contributed by atoms with Crippen LogP contribution < -0.4 is 10.6 Å². The molecule has 0 saturated carbocycles. The molecule has 0 aliphatic carbocycles. The van der Waals surface area contributed by atoms with E-state index in [1.165, 1.54) is 0 Å². The summed E-state index contributed by atoms with van der Waals surface area (Å²) in [5, 5.41) is 6.63. The van der Waals surface area contributed by atoms with Crippen molar-refractivity contribution in [1.29, 1.82) is 0 Å². The largest absolute Gasteiger partial charge is 0.356 e. The van der Waals surface area contributed by atoms with Crippen molar-refractivity contribution in [2.24, 2.45) is 4.99 Å². The standard InChI is InChI=1S/C22H27N7O.HI/c1-23-22(26-10-7-17-5-4-6-19(13-17)21(30)28(2)3)27-15-18-8-9-25-20(14-18)29-12-11-24-16-29;/h4-6,8-9,11-14,16H,7,10,15H2,1-3H3,(H2,23,26,27);1H. The number of benzene rings is 1. The van der Waals surface area contributed by atoms with Gasteiger partial charge in [0.1, 0.15) is 12.1 Å². The first-order chi connectivity index (χ1) is 14.6. The number of nitrogens with one attached hydrogen (secondary N) is 2. The van der Waals surface area contributed by atoms with Crippen molar-refractivity contribution in [3.05, 3.63) is 78.0 Å². The molecule has 164 valence electrons. The van der Waals surface area contributed by atoms with Gasteiger partial charge in [0.05, 0.1) is 0 Å². The number of rotatable bonds is 7. The fraction of sp³-hybridized carbons (Fsp3) is 0.273. The first-order valence-electron chi connectivity index (χ1n) is 9.75. The Labute approximate surface area is 199 Å². The second-order valence-electron chi connectivity index (χ2n) is 6.99. The highest BCUT2D eigenvalue weighted by Crippen LogP contribution is 2.08. The minimum Gasteiger partial charge on any atom is -0.356 e. The van der Waals surface area contributed by atoms with Crippen LogP contribution in [0.15, 0.2) is 66.3 Å². The number of imidazole rings is 1. The van der Waals surface area contributed by atoms with Crippen LogP contribution in [0.2, 0.25) is 0 Å². The van der Waals surface area contributed by atoms with E-state index in [0.717, 1.165) is 29.3 Å². The van der Waals surface area contributed by atoms with E-state index in [9.17, 15) is 4.79 Å². The normalized spacial score (nSPS) is 10.9. The Morgan fingerprint density at radius 3 is 2.68 bits per heavy atom. The van der Waals surface area contributed by atoms with Gasteiger partial charge in [-0.3, -0.25) is 14.4 Å². The van der Waals surface area contributed by atoms with E-state index in [1.54, 1.807) is 44.8 Å². The van der Waals surface area contributed by atoms with E-state index in [2.05, 4.69) is 25.6 Å². The summed E-state index contributed by atoms with van der Waals surface area (Å²) in [6.45, 7) is 1.33. The molecule has 2 aromatic heterocycles. The molecule has 31 heavy (non-hydrogen) atoms. The number of amides is 1. The molecule has 0 bridgehead atoms. The molecule has 1 aromatic carbocycles. The molecule has 0 unspecified atom stereocenters. The lowest BCUT2D eigenvalue weighted by molar-refractivity contribution is 0.0827. The molecule has 2 heterocycles. The zero-order chi connectivity index (χ0) is 21.3. The monoisotopic (exact) mass is 533 g/mol. The van der Waals surface area contributed by atoms with Crippen molar-refractivity contribution in [2.45, 2.75) is 13.0 Å². The molecule has 1 amide bonds. The van der Waals surface area contributed by atoms with Crippen molar-refractivity contribution < 1.29 is 4.79 Å². The van der Waals surface area contributed by atoms with Gasteiger partial charge in [-0.2, -0.15) is 0 Å². The predicted molar refractivity (Wildman–Crippen MR) is 133 cm³/mol. The zero-order valence-corrected chi connectivity index (χ0v) is 20.3. The number of hydrogen-bond acceptors (Lipinski definition) is 4. The van der Waals surface area contributed by atoms with Crippen molar-refractivity contribution in [1.82, 2.24) is 30.1 Å². The van der Waals surface area contributed by atoms with Gasteiger partial charge in [0, 0.05) is 58.4 Å². The van der Waals surface area contributed by atoms with Gasteiger partial charge in [0.2, 0.25) is 0 Å². The van der Waals surface area contributed by atoms with Crippen LogP contribution in [0.1, 0.15) is 21.5 Å². The van der Waals surface area contributed by atoms with Crippen molar-refractivity contribution in [2.75, 3.05) is 27.7 Å². The Balaban J connectivity index is 0.00000341. The number of carbonyl (C=O) groups is 1. The smallest absolute Gasteiger partial charge is 0.253 e. The molecule has 2 N–H and O–H groups in total. The molecule has 0 radical (unpaired) electrons. The van der Waals surface area contributed by atoms with E-state index < -0.39 is 0 Å². The first kappa shape index (κ1) is 24.3. The van der Waals surface area contributed by atoms with Gasteiger partial charge in [-0.05, 0) is 41.8 Å². The SMILES string of the molecule is CN=C(NCCc1cccc(C(=O)N(C)C)c1)NCc1ccnc(-n2ccnc2)c1.I. The summed E-state index contributed by atoms with van der Waals surface area (Å²) in [7, 11) is 5.26. The molecule has 0 fully saturated rings. The average molecular weight is 533 g/mol. The van der Waals surface area contributed by atoms with Gasteiger partial charge >= 0.3 is 0 Å². The Bertz CT molecular complexity index is 1000. The molecule has 0 aliphatic rings. The Morgan fingerprint density at radius 2 is 1.97 bits per heavy atom. The van der Waals surface area contributed by atoms with E-state index in [-0.39, 0.29) is 29.9 Å². The van der Waals surface area contributed by atoms with Crippen LogP contribution in [0.4, 0.5) is 0 Å². The summed E-state index contributed by atoms with van der Waals surface area (Å²) in [5.41, 5.74) is 2.89. The Kier molecular flexibility index (Phi) is 9.44. The number of pyridine rings is 1. The molecule has 3 rings (SSSR count). The molecule has 0 spiro atoms. The summed E-state index contributed by atoms with van der Waals surface area (Å²) in [6, 6.07) is 11.7. The highest BCUT2D eigenvalue weighted by atomic mass is 127.